The Balaban J connectivity index is 1.69. The van der Waals surface area contributed by atoms with E-state index in [1.807, 2.05) is 0 Å². The first kappa shape index (κ1) is 13.1. The molecule has 1 N–H and O–H groups in total. The van der Waals surface area contributed by atoms with Crippen LogP contribution in [0.4, 0.5) is 0 Å². The van der Waals surface area contributed by atoms with Gasteiger partial charge in [-0.2, -0.15) is 4.98 Å². The predicted molar refractivity (Wildman–Crippen MR) is 69.7 cm³/mol. The molecule has 2 saturated heterocycles. The second kappa shape index (κ2) is 5.20. The minimum Gasteiger partial charge on any atom is -0.339 e. The lowest BCUT2D eigenvalue weighted by molar-refractivity contribution is 0.354. The van der Waals surface area contributed by atoms with Gasteiger partial charge in [-0.15, -0.1) is 0 Å². The summed E-state index contributed by atoms with van der Waals surface area (Å²) in [4.78, 5) is 4.37. The van der Waals surface area contributed by atoms with E-state index in [4.69, 9.17) is 4.52 Å². The van der Waals surface area contributed by atoms with Gasteiger partial charge >= 0.3 is 0 Å². The molecule has 6 nitrogen and oxygen atoms in total. The van der Waals surface area contributed by atoms with Crippen molar-refractivity contribution in [1.82, 2.24) is 15.5 Å². The van der Waals surface area contributed by atoms with Crippen molar-refractivity contribution in [2.75, 3.05) is 18.8 Å². The second-order valence-electron chi connectivity index (χ2n) is 5.43. The normalized spacial score (nSPS) is 30.5. The van der Waals surface area contributed by atoms with Crippen LogP contribution in [0.25, 0.3) is 0 Å². The highest BCUT2D eigenvalue weighted by Gasteiger charge is 2.31. The number of hydrogen-bond acceptors (Lipinski definition) is 6. The highest BCUT2D eigenvalue weighted by Crippen LogP contribution is 2.24. The predicted octanol–water partition coefficient (Wildman–Crippen LogP) is 0.656. The molecular weight excluding hydrogens is 266 g/mol. The summed E-state index contributed by atoms with van der Waals surface area (Å²) in [5.41, 5.74) is 0. The number of sulfone groups is 1. The molecule has 0 aliphatic carbocycles. The Morgan fingerprint density at radius 1 is 1.32 bits per heavy atom. The first-order chi connectivity index (χ1) is 9.15. The van der Waals surface area contributed by atoms with Gasteiger partial charge in [0.15, 0.2) is 15.7 Å². The summed E-state index contributed by atoms with van der Waals surface area (Å²) in [5, 5.41) is 6.87. The molecule has 2 aliphatic heterocycles. The van der Waals surface area contributed by atoms with Crippen LogP contribution in [0.3, 0.4) is 0 Å². The molecule has 3 heterocycles. The van der Waals surface area contributed by atoms with Gasteiger partial charge in [0.25, 0.3) is 0 Å². The standard InChI is InChI=1S/C12H19N3O3S/c16-19(17)6-2-1-3-10(19)7-11-14-12(18-15-11)9-4-5-13-8-9/h9-10,13H,1-8H2. The van der Waals surface area contributed by atoms with Crippen LogP contribution in [-0.4, -0.2) is 42.7 Å². The van der Waals surface area contributed by atoms with Crippen LogP contribution in [0.5, 0.6) is 0 Å². The zero-order valence-corrected chi connectivity index (χ0v) is 11.7. The van der Waals surface area contributed by atoms with Gasteiger partial charge in [0.2, 0.25) is 5.89 Å². The van der Waals surface area contributed by atoms with Crippen molar-refractivity contribution in [3.63, 3.8) is 0 Å². The maximum absolute atomic E-state index is 12.0. The number of hydrogen-bond donors (Lipinski definition) is 1. The Kier molecular flexibility index (Phi) is 3.58. The molecule has 1 aromatic heterocycles. The Morgan fingerprint density at radius 3 is 2.95 bits per heavy atom. The highest BCUT2D eigenvalue weighted by molar-refractivity contribution is 7.92. The van der Waals surface area contributed by atoms with Crippen LogP contribution >= 0.6 is 0 Å². The summed E-state index contributed by atoms with van der Waals surface area (Å²) in [6.45, 7) is 1.84. The van der Waals surface area contributed by atoms with E-state index in [9.17, 15) is 8.42 Å². The molecular formula is C12H19N3O3S. The molecule has 0 amide bonds. The smallest absolute Gasteiger partial charge is 0.231 e. The maximum atomic E-state index is 12.0. The van der Waals surface area contributed by atoms with Gasteiger partial charge in [-0.25, -0.2) is 8.42 Å². The van der Waals surface area contributed by atoms with Crippen molar-refractivity contribution in [2.45, 2.75) is 43.3 Å². The minimum absolute atomic E-state index is 0.282. The van der Waals surface area contributed by atoms with Crippen molar-refractivity contribution in [3.8, 4) is 0 Å². The van der Waals surface area contributed by atoms with Crippen LogP contribution in [0.2, 0.25) is 0 Å². The van der Waals surface area contributed by atoms with E-state index in [2.05, 4.69) is 15.5 Å². The van der Waals surface area contributed by atoms with Crippen LogP contribution in [-0.2, 0) is 16.3 Å². The van der Waals surface area contributed by atoms with Crippen molar-refractivity contribution in [2.24, 2.45) is 0 Å². The molecule has 2 aliphatic rings. The third-order valence-corrected chi connectivity index (χ3v) is 6.29. The number of rotatable bonds is 3. The summed E-state index contributed by atoms with van der Waals surface area (Å²) in [5.74, 6) is 1.77. The van der Waals surface area contributed by atoms with Gasteiger partial charge in [-0.3, -0.25) is 0 Å². The molecule has 0 spiro atoms. The van der Waals surface area contributed by atoms with Gasteiger partial charge in [0, 0.05) is 13.0 Å². The van der Waals surface area contributed by atoms with Crippen molar-refractivity contribution < 1.29 is 12.9 Å². The average Bonchev–Trinajstić information content (AvgIpc) is 3.02. The van der Waals surface area contributed by atoms with Gasteiger partial charge in [0.1, 0.15) is 0 Å². The van der Waals surface area contributed by atoms with E-state index in [1.54, 1.807) is 0 Å². The summed E-state index contributed by atoms with van der Waals surface area (Å²) < 4.78 is 29.2. The van der Waals surface area contributed by atoms with E-state index in [0.29, 0.717) is 23.9 Å². The molecule has 2 unspecified atom stereocenters. The Labute approximate surface area is 112 Å². The zero-order valence-electron chi connectivity index (χ0n) is 10.8. The molecule has 0 bridgehead atoms. The monoisotopic (exact) mass is 285 g/mol. The third-order valence-electron chi connectivity index (χ3n) is 4.02. The van der Waals surface area contributed by atoms with Gasteiger partial charge in [0.05, 0.1) is 16.9 Å². The molecule has 0 radical (unpaired) electrons. The summed E-state index contributed by atoms with van der Waals surface area (Å²) in [6.07, 6.45) is 3.87. The van der Waals surface area contributed by atoms with Crippen molar-refractivity contribution in [1.29, 1.82) is 0 Å². The zero-order chi connectivity index (χ0) is 13.3. The summed E-state index contributed by atoms with van der Waals surface area (Å²) >= 11 is 0. The van der Waals surface area contributed by atoms with Gasteiger partial charge in [-0.1, -0.05) is 11.6 Å². The molecule has 19 heavy (non-hydrogen) atoms. The number of nitrogens with zero attached hydrogens (tertiary/aromatic N) is 2. The molecule has 0 saturated carbocycles. The third kappa shape index (κ3) is 2.81. The Hall–Kier alpha value is -0.950. The van der Waals surface area contributed by atoms with E-state index < -0.39 is 9.84 Å². The second-order valence-corrected chi connectivity index (χ2v) is 7.83. The van der Waals surface area contributed by atoms with E-state index >= 15 is 0 Å². The van der Waals surface area contributed by atoms with E-state index in [0.717, 1.165) is 38.8 Å². The van der Waals surface area contributed by atoms with Crippen LogP contribution in [0, 0.1) is 0 Å². The van der Waals surface area contributed by atoms with Gasteiger partial charge in [-0.05, 0) is 25.8 Å². The average molecular weight is 285 g/mol. The molecule has 106 valence electrons. The largest absolute Gasteiger partial charge is 0.339 e. The Morgan fingerprint density at radius 2 is 2.21 bits per heavy atom. The fraction of sp³-hybridized carbons (Fsp3) is 0.833. The molecule has 7 heteroatoms. The summed E-state index contributed by atoms with van der Waals surface area (Å²) in [6, 6.07) is 0. The molecule has 2 atom stereocenters. The summed E-state index contributed by atoms with van der Waals surface area (Å²) in [7, 11) is -2.97. The van der Waals surface area contributed by atoms with Crippen LogP contribution < -0.4 is 5.32 Å². The molecule has 0 aromatic carbocycles. The maximum Gasteiger partial charge on any atom is 0.231 e. The highest BCUT2D eigenvalue weighted by atomic mass is 32.2. The lowest BCUT2D eigenvalue weighted by Gasteiger charge is -2.20. The quantitative estimate of drug-likeness (QED) is 0.878. The van der Waals surface area contributed by atoms with Crippen molar-refractivity contribution in [3.05, 3.63) is 11.7 Å². The molecule has 3 rings (SSSR count). The lowest BCUT2D eigenvalue weighted by atomic mass is 10.1. The minimum atomic E-state index is -2.97. The van der Waals surface area contributed by atoms with Crippen molar-refractivity contribution >= 4 is 9.84 Å². The number of aromatic nitrogens is 2. The first-order valence-electron chi connectivity index (χ1n) is 6.90. The van der Waals surface area contributed by atoms with Crippen LogP contribution in [0.1, 0.15) is 43.3 Å². The van der Waals surface area contributed by atoms with Gasteiger partial charge < -0.3 is 9.84 Å². The molecule has 1 aromatic rings. The topological polar surface area (TPSA) is 85.1 Å². The van der Waals surface area contributed by atoms with E-state index in [1.165, 1.54) is 0 Å². The first-order valence-corrected chi connectivity index (χ1v) is 8.61. The fourth-order valence-corrected chi connectivity index (χ4v) is 4.70. The molecule has 2 fully saturated rings. The van der Waals surface area contributed by atoms with Crippen LogP contribution in [0.15, 0.2) is 4.52 Å². The lowest BCUT2D eigenvalue weighted by Crippen LogP contribution is -2.30. The Bertz CT molecular complexity index is 534. The van der Waals surface area contributed by atoms with E-state index in [-0.39, 0.29) is 11.2 Å². The SMILES string of the molecule is O=S1(=O)CCCCC1Cc1noc(C2CCNC2)n1. The fourth-order valence-electron chi connectivity index (χ4n) is 2.84. The number of nitrogens with one attached hydrogen (secondary N) is 1.